The summed E-state index contributed by atoms with van der Waals surface area (Å²) in [4.78, 5) is 35.5. The molecular weight excluding hydrogens is 494 g/mol. The van der Waals surface area contributed by atoms with E-state index >= 15 is 0 Å². The molecule has 0 unspecified atom stereocenters. The molecule has 1 saturated heterocycles. The largest absolute Gasteiger partial charge is 0.494 e. The molecule has 0 radical (unpaired) electrons. The van der Waals surface area contributed by atoms with Crippen molar-refractivity contribution in [1.29, 1.82) is 0 Å². The predicted octanol–water partition coefficient (Wildman–Crippen LogP) is 3.86. The van der Waals surface area contributed by atoms with Crippen LogP contribution in [0.25, 0.3) is 22.2 Å². The first-order chi connectivity index (χ1) is 19.0. The number of hydrogen-bond acceptors (Lipinski definition) is 7. The molecule has 0 aliphatic carbocycles. The lowest BCUT2D eigenvalue weighted by Gasteiger charge is -2.31. The molecule has 2 aromatic carbocycles. The first-order valence-electron chi connectivity index (χ1n) is 12.9. The van der Waals surface area contributed by atoms with Crippen LogP contribution in [-0.4, -0.2) is 53.1 Å². The highest BCUT2D eigenvalue weighted by molar-refractivity contribution is 6.03. The quantitative estimate of drug-likeness (QED) is 0.315. The van der Waals surface area contributed by atoms with E-state index in [0.717, 1.165) is 30.6 Å². The number of methoxy groups -OCH3 is 1. The van der Waals surface area contributed by atoms with E-state index in [1.807, 2.05) is 11.0 Å². The van der Waals surface area contributed by atoms with Crippen LogP contribution in [0.5, 0.6) is 5.75 Å². The van der Waals surface area contributed by atoms with Crippen molar-refractivity contribution in [3.05, 3.63) is 67.0 Å². The summed E-state index contributed by atoms with van der Waals surface area (Å²) in [6.45, 7) is 5.83. The molecule has 2 aliphatic rings. The number of aryl methyl sites for hydroxylation is 2. The van der Waals surface area contributed by atoms with Gasteiger partial charge in [-0.1, -0.05) is 24.8 Å². The number of hydrogen-bond donors (Lipinski definition) is 3. The molecule has 198 valence electrons. The van der Waals surface area contributed by atoms with Crippen LogP contribution in [0.15, 0.2) is 61.4 Å². The van der Waals surface area contributed by atoms with Crippen molar-refractivity contribution >= 4 is 45.7 Å². The molecule has 10 heteroatoms. The van der Waals surface area contributed by atoms with E-state index in [1.54, 1.807) is 25.4 Å². The number of carbonyl (C=O) groups excluding carboxylic acids is 2. The minimum absolute atomic E-state index is 0.0857. The average molecular weight is 524 g/mol. The third-order valence-electron chi connectivity index (χ3n) is 7.15. The lowest BCUT2D eigenvalue weighted by molar-refractivity contribution is -0.120. The van der Waals surface area contributed by atoms with Gasteiger partial charge >= 0.3 is 0 Å². The highest BCUT2D eigenvalue weighted by atomic mass is 16.5. The smallest absolute Gasteiger partial charge is 0.247 e. The summed E-state index contributed by atoms with van der Waals surface area (Å²) < 4.78 is 8.01. The highest BCUT2D eigenvalue weighted by Gasteiger charge is 2.23. The Kier molecular flexibility index (Phi) is 6.36. The van der Waals surface area contributed by atoms with Gasteiger partial charge in [-0.05, 0) is 36.6 Å². The van der Waals surface area contributed by atoms with Gasteiger partial charge in [0.05, 0.1) is 41.9 Å². The van der Waals surface area contributed by atoms with E-state index in [-0.39, 0.29) is 18.4 Å². The number of aromatic nitrogens is 3. The second kappa shape index (κ2) is 10.1. The lowest BCUT2D eigenvalue weighted by atomic mass is 10.0. The maximum Gasteiger partial charge on any atom is 0.247 e. The van der Waals surface area contributed by atoms with Crippen molar-refractivity contribution in [1.82, 2.24) is 19.9 Å². The Hall–Kier alpha value is -4.86. The summed E-state index contributed by atoms with van der Waals surface area (Å²) in [5, 5.41) is 10.1. The van der Waals surface area contributed by atoms with Crippen LogP contribution in [0.2, 0.25) is 0 Å². The van der Waals surface area contributed by atoms with Gasteiger partial charge in [-0.2, -0.15) is 0 Å². The third-order valence-corrected chi connectivity index (χ3v) is 7.15. The topological polar surface area (TPSA) is 113 Å². The molecule has 4 heterocycles. The molecular formula is C29H29N7O3. The van der Waals surface area contributed by atoms with Crippen LogP contribution >= 0.6 is 0 Å². The van der Waals surface area contributed by atoms with Crippen molar-refractivity contribution in [3.63, 3.8) is 0 Å². The van der Waals surface area contributed by atoms with E-state index in [1.165, 1.54) is 22.5 Å². The Morgan fingerprint density at radius 1 is 1.21 bits per heavy atom. The number of carbonyl (C=O) groups is 2. The Morgan fingerprint density at radius 3 is 2.92 bits per heavy atom. The monoisotopic (exact) mass is 523 g/mol. The lowest BCUT2D eigenvalue weighted by Crippen LogP contribution is -2.47. The van der Waals surface area contributed by atoms with Crippen molar-refractivity contribution in [2.24, 2.45) is 0 Å². The second-order valence-electron chi connectivity index (χ2n) is 9.58. The van der Waals surface area contributed by atoms with Crippen molar-refractivity contribution in [3.8, 4) is 17.0 Å². The zero-order valence-corrected chi connectivity index (χ0v) is 21.7. The molecule has 10 nitrogen and oxygen atoms in total. The highest BCUT2D eigenvalue weighted by Crippen LogP contribution is 2.39. The van der Waals surface area contributed by atoms with Gasteiger partial charge in [-0.15, -0.1) is 0 Å². The molecule has 0 saturated carbocycles. The zero-order valence-electron chi connectivity index (χ0n) is 21.7. The van der Waals surface area contributed by atoms with Crippen LogP contribution in [-0.2, 0) is 22.6 Å². The molecule has 4 aromatic rings. The van der Waals surface area contributed by atoms with E-state index in [2.05, 4.69) is 56.5 Å². The summed E-state index contributed by atoms with van der Waals surface area (Å²) in [6.07, 6.45) is 7.31. The van der Waals surface area contributed by atoms with Gasteiger partial charge in [0, 0.05) is 49.0 Å². The summed E-state index contributed by atoms with van der Waals surface area (Å²) in [5.74, 6) is 0.468. The number of para-hydroxylation sites is 1. The fourth-order valence-electron chi connectivity index (χ4n) is 5.37. The molecule has 6 rings (SSSR count). The number of anilines is 4. The average Bonchev–Trinajstić information content (AvgIpc) is 3.34. The SMILES string of the molecule is C=CC(=O)Nc1cc(Nc2nccc(-c3cn4c5c(cccc35)CCC4)n2)c(OC)cc1N1CCNC(=O)C1. The molecule has 0 spiro atoms. The Labute approximate surface area is 225 Å². The Bertz CT molecular complexity index is 1610. The second-order valence-corrected chi connectivity index (χ2v) is 9.58. The normalized spacial score (nSPS) is 14.6. The van der Waals surface area contributed by atoms with Gasteiger partial charge in [0.2, 0.25) is 17.8 Å². The Morgan fingerprint density at radius 2 is 2.10 bits per heavy atom. The van der Waals surface area contributed by atoms with Gasteiger partial charge in [0.25, 0.3) is 0 Å². The third kappa shape index (κ3) is 4.65. The minimum atomic E-state index is -0.361. The maximum atomic E-state index is 12.3. The van der Waals surface area contributed by atoms with Crippen molar-refractivity contribution in [2.75, 3.05) is 42.3 Å². The fourth-order valence-corrected chi connectivity index (χ4v) is 5.37. The number of ether oxygens (including phenoxy) is 1. The van der Waals surface area contributed by atoms with E-state index < -0.39 is 0 Å². The molecule has 0 atom stereocenters. The van der Waals surface area contributed by atoms with Gasteiger partial charge in [-0.25, -0.2) is 9.97 Å². The molecule has 39 heavy (non-hydrogen) atoms. The molecule has 2 aliphatic heterocycles. The number of amides is 2. The summed E-state index contributed by atoms with van der Waals surface area (Å²) in [6, 6.07) is 11.9. The molecule has 1 fully saturated rings. The van der Waals surface area contributed by atoms with Gasteiger partial charge in [-0.3, -0.25) is 9.59 Å². The Balaban J connectivity index is 1.37. The van der Waals surface area contributed by atoms with Crippen LogP contribution in [0.1, 0.15) is 12.0 Å². The standard InChI is InChI=1S/C29H29N7O3/c1-3-26(37)32-22-14-23(25(39-2)15-24(22)35-13-11-30-27(38)17-35)34-29-31-10-9-21(33-29)20-16-36-12-5-7-18-6-4-8-19(20)28(18)36/h3-4,6,8-10,14-16H,1,5,7,11-13,17H2,2H3,(H,30,38)(H,32,37)(H,31,33,34). The van der Waals surface area contributed by atoms with Crippen LogP contribution < -0.4 is 25.6 Å². The number of rotatable bonds is 7. The zero-order chi connectivity index (χ0) is 26.9. The molecule has 2 amide bonds. The first-order valence-corrected chi connectivity index (χ1v) is 12.9. The van der Waals surface area contributed by atoms with Crippen molar-refractivity contribution < 1.29 is 14.3 Å². The summed E-state index contributed by atoms with van der Waals surface area (Å²) in [5.41, 5.74) is 6.27. The summed E-state index contributed by atoms with van der Waals surface area (Å²) >= 11 is 0. The van der Waals surface area contributed by atoms with Crippen LogP contribution in [0, 0.1) is 0 Å². The summed E-state index contributed by atoms with van der Waals surface area (Å²) in [7, 11) is 1.57. The van der Waals surface area contributed by atoms with E-state index in [9.17, 15) is 9.59 Å². The molecule has 2 aromatic heterocycles. The van der Waals surface area contributed by atoms with E-state index in [0.29, 0.717) is 41.8 Å². The number of benzene rings is 2. The van der Waals surface area contributed by atoms with Crippen LogP contribution in [0.4, 0.5) is 23.0 Å². The van der Waals surface area contributed by atoms with Gasteiger partial charge in [0.15, 0.2) is 0 Å². The van der Waals surface area contributed by atoms with E-state index in [4.69, 9.17) is 9.72 Å². The molecule has 0 bridgehead atoms. The van der Waals surface area contributed by atoms with Crippen LogP contribution in [0.3, 0.4) is 0 Å². The fraction of sp³-hybridized carbons (Fsp3) is 0.241. The molecule has 3 N–H and O–H groups in total. The van der Waals surface area contributed by atoms with Gasteiger partial charge in [0.1, 0.15) is 5.75 Å². The predicted molar refractivity (Wildman–Crippen MR) is 152 cm³/mol. The number of nitrogens with zero attached hydrogens (tertiary/aromatic N) is 4. The van der Waals surface area contributed by atoms with Gasteiger partial charge < -0.3 is 30.2 Å². The first kappa shape index (κ1) is 24.5. The van der Waals surface area contributed by atoms with Crippen molar-refractivity contribution in [2.45, 2.75) is 19.4 Å². The number of nitrogens with one attached hydrogen (secondary N) is 3. The maximum absolute atomic E-state index is 12.3. The minimum Gasteiger partial charge on any atom is -0.494 e. The number of piperazine rings is 1.